The average Bonchev–Trinajstić information content (AvgIpc) is 2.35. The van der Waals surface area contributed by atoms with Crippen molar-refractivity contribution in [3.8, 4) is 0 Å². The molecular weight excluding hydrogens is 248 g/mol. The first-order chi connectivity index (χ1) is 8.58. The van der Waals surface area contributed by atoms with Gasteiger partial charge in [-0.3, -0.25) is 0 Å². The summed E-state index contributed by atoms with van der Waals surface area (Å²) in [6, 6.07) is 8.11. The Hall–Kier alpha value is -1.81. The minimum absolute atomic E-state index is 0.272. The first-order valence-electron chi connectivity index (χ1n) is 5.71. The number of halogens is 1. The molecule has 0 amide bonds. The first-order valence-corrected chi connectivity index (χ1v) is 6.08. The van der Waals surface area contributed by atoms with E-state index < -0.39 is 0 Å². The molecule has 0 unspecified atom stereocenters. The number of benzene rings is 1. The highest BCUT2D eigenvalue weighted by Gasteiger charge is 2.07. The van der Waals surface area contributed by atoms with Crippen molar-refractivity contribution in [1.29, 1.82) is 0 Å². The van der Waals surface area contributed by atoms with Crippen molar-refractivity contribution in [2.24, 2.45) is 0 Å². The van der Waals surface area contributed by atoms with E-state index in [-0.39, 0.29) is 5.82 Å². The standard InChI is InChI=1S/C13H15ClN4/c1-8(2)9-4-3-5-10(6-9)18-13-11(14)12(15)16-7-17-13/h3-8H,1-2H3,(H3,15,16,17,18). The summed E-state index contributed by atoms with van der Waals surface area (Å²) in [5.41, 5.74) is 7.81. The van der Waals surface area contributed by atoms with Crippen molar-refractivity contribution in [1.82, 2.24) is 9.97 Å². The highest BCUT2D eigenvalue weighted by molar-refractivity contribution is 6.35. The van der Waals surface area contributed by atoms with Crippen LogP contribution in [0.15, 0.2) is 30.6 Å². The Balaban J connectivity index is 2.28. The Bertz CT molecular complexity index is 554. The smallest absolute Gasteiger partial charge is 0.154 e. The van der Waals surface area contributed by atoms with Gasteiger partial charge in [0.1, 0.15) is 17.2 Å². The van der Waals surface area contributed by atoms with E-state index in [0.717, 1.165) is 5.69 Å². The van der Waals surface area contributed by atoms with Crippen LogP contribution < -0.4 is 11.1 Å². The molecule has 1 aromatic carbocycles. The molecule has 1 aromatic heterocycles. The lowest BCUT2D eigenvalue weighted by Gasteiger charge is -2.11. The summed E-state index contributed by atoms with van der Waals surface area (Å²) in [7, 11) is 0. The summed E-state index contributed by atoms with van der Waals surface area (Å²) < 4.78 is 0. The van der Waals surface area contributed by atoms with Crippen LogP contribution in [0, 0.1) is 0 Å². The maximum Gasteiger partial charge on any atom is 0.154 e. The zero-order valence-electron chi connectivity index (χ0n) is 10.3. The maximum atomic E-state index is 6.03. The van der Waals surface area contributed by atoms with E-state index in [9.17, 15) is 0 Å². The molecule has 94 valence electrons. The van der Waals surface area contributed by atoms with E-state index in [1.54, 1.807) is 0 Å². The number of hydrogen-bond acceptors (Lipinski definition) is 4. The molecule has 2 rings (SSSR count). The second-order valence-corrected chi connectivity index (χ2v) is 4.70. The van der Waals surface area contributed by atoms with Gasteiger partial charge in [-0.05, 0) is 23.6 Å². The van der Waals surface area contributed by atoms with Crippen molar-refractivity contribution >= 4 is 28.9 Å². The van der Waals surface area contributed by atoms with Crippen molar-refractivity contribution in [2.45, 2.75) is 19.8 Å². The van der Waals surface area contributed by atoms with Crippen LogP contribution in [0.5, 0.6) is 0 Å². The zero-order valence-corrected chi connectivity index (χ0v) is 11.1. The van der Waals surface area contributed by atoms with Crippen LogP contribution in [0.4, 0.5) is 17.3 Å². The fourth-order valence-corrected chi connectivity index (χ4v) is 1.73. The molecule has 0 saturated carbocycles. The van der Waals surface area contributed by atoms with Gasteiger partial charge in [-0.2, -0.15) is 0 Å². The fraction of sp³-hybridized carbons (Fsp3) is 0.231. The molecular formula is C13H15ClN4. The summed E-state index contributed by atoms with van der Waals surface area (Å²) in [5, 5.41) is 3.49. The van der Waals surface area contributed by atoms with Crippen LogP contribution in [0.1, 0.15) is 25.3 Å². The molecule has 18 heavy (non-hydrogen) atoms. The summed E-state index contributed by atoms with van der Waals surface area (Å²) >= 11 is 6.03. The van der Waals surface area contributed by atoms with Gasteiger partial charge in [0.2, 0.25) is 0 Å². The number of aromatic nitrogens is 2. The number of nitrogens with one attached hydrogen (secondary N) is 1. The number of anilines is 3. The van der Waals surface area contributed by atoms with Gasteiger partial charge in [0.05, 0.1) is 0 Å². The average molecular weight is 263 g/mol. The number of rotatable bonds is 3. The van der Waals surface area contributed by atoms with Crippen molar-refractivity contribution in [3.05, 3.63) is 41.2 Å². The Kier molecular flexibility index (Phi) is 3.67. The monoisotopic (exact) mass is 262 g/mol. The Morgan fingerprint density at radius 2 is 2.06 bits per heavy atom. The second-order valence-electron chi connectivity index (χ2n) is 4.33. The molecule has 0 bridgehead atoms. The minimum Gasteiger partial charge on any atom is -0.382 e. The molecule has 0 spiro atoms. The van der Waals surface area contributed by atoms with Crippen LogP contribution in [-0.2, 0) is 0 Å². The van der Waals surface area contributed by atoms with Crippen molar-refractivity contribution in [3.63, 3.8) is 0 Å². The molecule has 0 atom stereocenters. The third kappa shape index (κ3) is 2.71. The van der Waals surface area contributed by atoms with Gasteiger partial charge < -0.3 is 11.1 Å². The lowest BCUT2D eigenvalue weighted by Crippen LogP contribution is -2.00. The van der Waals surface area contributed by atoms with E-state index in [1.165, 1.54) is 11.9 Å². The van der Waals surface area contributed by atoms with E-state index in [2.05, 4.69) is 41.3 Å². The van der Waals surface area contributed by atoms with E-state index in [1.807, 2.05) is 12.1 Å². The quantitative estimate of drug-likeness (QED) is 0.887. The van der Waals surface area contributed by atoms with Gasteiger partial charge in [0.25, 0.3) is 0 Å². The molecule has 2 aromatic rings. The summed E-state index contributed by atoms with van der Waals surface area (Å²) in [6.45, 7) is 4.30. The number of nitrogen functional groups attached to an aromatic ring is 1. The SMILES string of the molecule is CC(C)c1cccc(Nc2ncnc(N)c2Cl)c1. The van der Waals surface area contributed by atoms with Gasteiger partial charge in [-0.15, -0.1) is 0 Å². The van der Waals surface area contributed by atoms with E-state index in [4.69, 9.17) is 17.3 Å². The molecule has 4 nitrogen and oxygen atoms in total. The third-order valence-electron chi connectivity index (χ3n) is 2.63. The number of nitrogens with two attached hydrogens (primary N) is 1. The highest BCUT2D eigenvalue weighted by Crippen LogP contribution is 2.27. The lowest BCUT2D eigenvalue weighted by molar-refractivity contribution is 0.867. The Morgan fingerprint density at radius 1 is 1.28 bits per heavy atom. The van der Waals surface area contributed by atoms with Gasteiger partial charge in [-0.1, -0.05) is 37.6 Å². The minimum atomic E-state index is 0.272. The highest BCUT2D eigenvalue weighted by atomic mass is 35.5. The summed E-state index contributed by atoms with van der Waals surface area (Å²) in [5.74, 6) is 1.26. The second kappa shape index (κ2) is 5.23. The molecule has 0 saturated heterocycles. The Morgan fingerprint density at radius 3 is 2.78 bits per heavy atom. The molecule has 0 aliphatic carbocycles. The first kappa shape index (κ1) is 12.6. The van der Waals surface area contributed by atoms with Crippen LogP contribution in [-0.4, -0.2) is 9.97 Å². The largest absolute Gasteiger partial charge is 0.382 e. The van der Waals surface area contributed by atoms with Crippen LogP contribution >= 0.6 is 11.6 Å². The number of hydrogen-bond donors (Lipinski definition) is 2. The molecule has 3 N–H and O–H groups in total. The van der Waals surface area contributed by atoms with Crippen molar-refractivity contribution < 1.29 is 0 Å². The molecule has 0 fully saturated rings. The maximum absolute atomic E-state index is 6.03. The predicted molar refractivity (Wildman–Crippen MR) is 75.3 cm³/mol. The molecule has 0 radical (unpaired) electrons. The molecule has 5 heteroatoms. The fourth-order valence-electron chi connectivity index (χ4n) is 1.58. The molecule has 1 heterocycles. The van der Waals surface area contributed by atoms with Gasteiger partial charge >= 0.3 is 0 Å². The third-order valence-corrected chi connectivity index (χ3v) is 3.01. The van der Waals surface area contributed by atoms with Gasteiger partial charge in [-0.25, -0.2) is 9.97 Å². The van der Waals surface area contributed by atoms with Crippen LogP contribution in [0.25, 0.3) is 0 Å². The van der Waals surface area contributed by atoms with E-state index >= 15 is 0 Å². The number of nitrogens with zero attached hydrogens (tertiary/aromatic N) is 2. The van der Waals surface area contributed by atoms with Crippen LogP contribution in [0.2, 0.25) is 5.02 Å². The zero-order chi connectivity index (χ0) is 13.1. The molecule has 0 aliphatic rings. The van der Waals surface area contributed by atoms with Gasteiger partial charge in [0, 0.05) is 5.69 Å². The topological polar surface area (TPSA) is 63.8 Å². The summed E-state index contributed by atoms with van der Waals surface area (Å²) in [6.07, 6.45) is 1.38. The predicted octanol–water partition coefficient (Wildman–Crippen LogP) is 3.58. The van der Waals surface area contributed by atoms with E-state index in [0.29, 0.717) is 16.8 Å². The summed E-state index contributed by atoms with van der Waals surface area (Å²) in [4.78, 5) is 7.90. The lowest BCUT2D eigenvalue weighted by atomic mass is 10.0. The van der Waals surface area contributed by atoms with Crippen LogP contribution in [0.3, 0.4) is 0 Å². The molecule has 0 aliphatic heterocycles. The Labute approximate surface area is 111 Å². The van der Waals surface area contributed by atoms with Gasteiger partial charge in [0.15, 0.2) is 5.82 Å². The van der Waals surface area contributed by atoms with Crippen molar-refractivity contribution in [2.75, 3.05) is 11.1 Å². The normalized spacial score (nSPS) is 10.7.